The number of aliphatic hydroxyl groups is 1. The maximum atomic E-state index is 12.3. The zero-order valence-corrected chi connectivity index (χ0v) is 15.6. The summed E-state index contributed by atoms with van der Waals surface area (Å²) in [4.78, 5) is 24.5. The Balaban J connectivity index is 2.30. The minimum atomic E-state index is -0.277. The molecular formula is C19H28N4O3. The maximum Gasteiger partial charge on any atom is 0.322 e. The Morgan fingerprint density at radius 3 is 2.77 bits per heavy atom. The average molecular weight is 360 g/mol. The molecule has 1 aromatic heterocycles. The second-order valence-electron chi connectivity index (χ2n) is 6.31. The van der Waals surface area contributed by atoms with Gasteiger partial charge in [0.05, 0.1) is 5.52 Å². The first-order valence-corrected chi connectivity index (χ1v) is 9.12. The van der Waals surface area contributed by atoms with Crippen molar-refractivity contribution in [3.8, 4) is 0 Å². The van der Waals surface area contributed by atoms with Gasteiger partial charge >= 0.3 is 6.03 Å². The molecule has 0 bridgehead atoms. The Morgan fingerprint density at radius 1 is 1.31 bits per heavy atom. The van der Waals surface area contributed by atoms with Crippen molar-refractivity contribution in [2.45, 2.75) is 38.5 Å². The SMILES string of the molecule is CNC(=O)N(CCC=O)c1nn(C)c2c(CCCCCCO)cccc12. The molecule has 1 heterocycles. The highest BCUT2D eigenvalue weighted by Gasteiger charge is 2.21. The van der Waals surface area contributed by atoms with E-state index >= 15 is 0 Å². The first kappa shape index (κ1) is 19.9. The van der Waals surface area contributed by atoms with Crippen LogP contribution < -0.4 is 10.2 Å². The number of carbonyl (C=O) groups excluding carboxylic acids is 2. The highest BCUT2D eigenvalue weighted by Crippen LogP contribution is 2.29. The smallest absolute Gasteiger partial charge is 0.322 e. The van der Waals surface area contributed by atoms with Crippen LogP contribution >= 0.6 is 0 Å². The summed E-state index contributed by atoms with van der Waals surface area (Å²) in [5, 5.41) is 17.0. The highest BCUT2D eigenvalue weighted by molar-refractivity contribution is 6.01. The molecule has 7 nitrogen and oxygen atoms in total. The largest absolute Gasteiger partial charge is 0.396 e. The number of nitrogens with zero attached hydrogens (tertiary/aromatic N) is 3. The molecule has 2 amide bonds. The molecule has 0 unspecified atom stereocenters. The summed E-state index contributed by atoms with van der Waals surface area (Å²) in [5.41, 5.74) is 2.21. The van der Waals surface area contributed by atoms with E-state index in [9.17, 15) is 9.59 Å². The van der Waals surface area contributed by atoms with Gasteiger partial charge in [0.2, 0.25) is 0 Å². The summed E-state index contributed by atoms with van der Waals surface area (Å²) >= 11 is 0. The van der Waals surface area contributed by atoms with Crippen molar-refractivity contribution in [3.63, 3.8) is 0 Å². The van der Waals surface area contributed by atoms with Crippen LogP contribution in [0.2, 0.25) is 0 Å². The minimum Gasteiger partial charge on any atom is -0.396 e. The number of rotatable bonds is 10. The number of unbranched alkanes of at least 4 members (excludes halogenated alkanes) is 3. The number of aldehydes is 1. The Bertz CT molecular complexity index is 742. The molecule has 0 atom stereocenters. The van der Waals surface area contributed by atoms with Crippen LogP contribution in [0.1, 0.15) is 37.7 Å². The molecule has 2 N–H and O–H groups in total. The number of hydrogen-bond acceptors (Lipinski definition) is 4. The summed E-state index contributed by atoms with van der Waals surface area (Å²) in [6.45, 7) is 0.539. The van der Waals surface area contributed by atoms with Crippen molar-refractivity contribution in [1.82, 2.24) is 15.1 Å². The Hall–Kier alpha value is -2.41. The summed E-state index contributed by atoms with van der Waals surface area (Å²) in [7, 11) is 3.45. The van der Waals surface area contributed by atoms with E-state index in [2.05, 4.69) is 16.5 Å². The Morgan fingerprint density at radius 2 is 2.08 bits per heavy atom. The third-order valence-electron chi connectivity index (χ3n) is 4.47. The predicted molar refractivity (Wildman–Crippen MR) is 102 cm³/mol. The molecule has 0 fully saturated rings. The zero-order valence-electron chi connectivity index (χ0n) is 15.6. The second-order valence-corrected chi connectivity index (χ2v) is 6.31. The number of aromatic nitrogens is 2. The fourth-order valence-corrected chi connectivity index (χ4v) is 3.20. The molecule has 0 aliphatic rings. The van der Waals surface area contributed by atoms with Crippen LogP contribution in [0, 0.1) is 0 Å². The van der Waals surface area contributed by atoms with E-state index in [-0.39, 0.29) is 19.1 Å². The van der Waals surface area contributed by atoms with Gasteiger partial charge in [-0.3, -0.25) is 9.58 Å². The number of aryl methyl sites for hydroxylation is 2. The number of hydrogen-bond donors (Lipinski definition) is 2. The molecule has 0 aliphatic carbocycles. The highest BCUT2D eigenvalue weighted by atomic mass is 16.3. The number of para-hydroxylation sites is 1. The molecule has 0 aliphatic heterocycles. The van der Waals surface area contributed by atoms with Gasteiger partial charge in [-0.15, -0.1) is 0 Å². The van der Waals surface area contributed by atoms with Crippen molar-refractivity contribution < 1.29 is 14.7 Å². The van der Waals surface area contributed by atoms with Crippen LogP contribution in [-0.2, 0) is 18.3 Å². The van der Waals surface area contributed by atoms with Gasteiger partial charge in [0.1, 0.15) is 6.29 Å². The molecule has 142 valence electrons. The van der Waals surface area contributed by atoms with E-state index in [1.807, 2.05) is 23.9 Å². The third-order valence-corrected chi connectivity index (χ3v) is 4.47. The monoisotopic (exact) mass is 360 g/mol. The van der Waals surface area contributed by atoms with Crippen LogP contribution in [0.5, 0.6) is 0 Å². The molecule has 0 saturated heterocycles. The summed E-state index contributed by atoms with van der Waals surface area (Å²) < 4.78 is 1.81. The number of carbonyl (C=O) groups is 2. The first-order chi connectivity index (χ1) is 12.6. The standard InChI is InChI=1S/C19H28N4O3/c1-20-19(26)23(12-8-14-25)18-16-11-7-10-15(17(16)22(2)21-18)9-5-3-4-6-13-24/h7,10-11,14,24H,3-6,8-9,12-13H2,1-2H3,(H,20,26). The molecule has 2 rings (SSSR count). The average Bonchev–Trinajstić information content (AvgIpc) is 2.99. The van der Waals surface area contributed by atoms with Crippen molar-refractivity contribution >= 4 is 29.0 Å². The van der Waals surface area contributed by atoms with E-state index in [1.54, 1.807) is 7.05 Å². The summed E-state index contributed by atoms with van der Waals surface area (Å²) in [6, 6.07) is 5.76. The lowest BCUT2D eigenvalue weighted by atomic mass is 10.0. The third kappa shape index (κ3) is 4.60. The molecule has 2 aromatic rings. The van der Waals surface area contributed by atoms with Gasteiger partial charge in [-0.1, -0.05) is 25.0 Å². The first-order valence-electron chi connectivity index (χ1n) is 9.12. The van der Waals surface area contributed by atoms with Crippen LogP contribution in [-0.4, -0.2) is 47.4 Å². The van der Waals surface area contributed by atoms with Crippen LogP contribution in [0.15, 0.2) is 18.2 Å². The van der Waals surface area contributed by atoms with Gasteiger partial charge in [-0.2, -0.15) is 5.10 Å². The lowest BCUT2D eigenvalue weighted by Gasteiger charge is -2.19. The van der Waals surface area contributed by atoms with Crippen LogP contribution in [0.4, 0.5) is 10.6 Å². The van der Waals surface area contributed by atoms with E-state index in [4.69, 9.17) is 5.11 Å². The van der Waals surface area contributed by atoms with Gasteiger partial charge in [0.25, 0.3) is 0 Å². The van der Waals surface area contributed by atoms with Gasteiger partial charge in [-0.05, 0) is 30.9 Å². The van der Waals surface area contributed by atoms with E-state index in [0.717, 1.165) is 49.3 Å². The quantitative estimate of drug-likeness (QED) is 0.503. The molecule has 7 heteroatoms. The number of anilines is 1. The summed E-state index contributed by atoms with van der Waals surface area (Å²) in [5.74, 6) is 0.575. The number of urea groups is 1. The molecular weight excluding hydrogens is 332 g/mol. The van der Waals surface area contributed by atoms with Crippen molar-refractivity contribution in [1.29, 1.82) is 0 Å². The van der Waals surface area contributed by atoms with E-state index in [0.29, 0.717) is 12.4 Å². The summed E-state index contributed by atoms with van der Waals surface area (Å²) in [6.07, 6.45) is 5.98. The fourth-order valence-electron chi connectivity index (χ4n) is 3.20. The van der Waals surface area contributed by atoms with E-state index < -0.39 is 0 Å². The fraction of sp³-hybridized carbons (Fsp3) is 0.526. The number of amides is 2. The lowest BCUT2D eigenvalue weighted by Crippen LogP contribution is -2.39. The number of benzene rings is 1. The van der Waals surface area contributed by atoms with Crippen molar-refractivity contribution in [2.75, 3.05) is 25.1 Å². The number of fused-ring (bicyclic) bond motifs is 1. The molecule has 0 radical (unpaired) electrons. The molecule has 1 aromatic carbocycles. The van der Waals surface area contributed by atoms with E-state index in [1.165, 1.54) is 10.5 Å². The zero-order chi connectivity index (χ0) is 18.9. The second kappa shape index (κ2) is 9.91. The van der Waals surface area contributed by atoms with Crippen LogP contribution in [0.25, 0.3) is 10.9 Å². The van der Waals surface area contributed by atoms with Gasteiger partial charge in [0, 0.05) is 39.1 Å². The van der Waals surface area contributed by atoms with Crippen LogP contribution in [0.3, 0.4) is 0 Å². The van der Waals surface area contributed by atoms with Gasteiger partial charge in [0.15, 0.2) is 5.82 Å². The normalized spacial score (nSPS) is 10.9. The number of aliphatic hydroxyl groups excluding tert-OH is 1. The van der Waals surface area contributed by atoms with Crippen molar-refractivity contribution in [3.05, 3.63) is 23.8 Å². The molecule has 0 spiro atoms. The van der Waals surface area contributed by atoms with Crippen molar-refractivity contribution in [2.24, 2.45) is 7.05 Å². The minimum absolute atomic E-state index is 0.247. The maximum absolute atomic E-state index is 12.3. The lowest BCUT2D eigenvalue weighted by molar-refractivity contribution is -0.107. The molecule has 26 heavy (non-hydrogen) atoms. The molecule has 0 saturated carbocycles. The predicted octanol–water partition coefficient (Wildman–Crippen LogP) is 2.40. The Labute approximate surface area is 154 Å². The van der Waals surface area contributed by atoms with Gasteiger partial charge in [-0.25, -0.2) is 4.79 Å². The Kier molecular flexibility index (Phi) is 7.59. The van der Waals surface area contributed by atoms with Gasteiger partial charge < -0.3 is 15.2 Å². The topological polar surface area (TPSA) is 87.5 Å². The number of nitrogens with one attached hydrogen (secondary N) is 1.